The lowest BCUT2D eigenvalue weighted by Crippen LogP contribution is -2.37. The molecule has 0 unspecified atom stereocenters. The summed E-state index contributed by atoms with van der Waals surface area (Å²) in [4.78, 5) is 27.6. The largest absolute Gasteiger partial charge is 0.318 e. The average molecular weight is 305 g/mol. The second-order valence-corrected chi connectivity index (χ2v) is 6.85. The van der Waals surface area contributed by atoms with Crippen molar-refractivity contribution < 1.29 is 9.59 Å². The molecule has 112 valence electrons. The number of carbonyl (C=O) groups excluding carboxylic acids is 2. The number of amides is 2. The number of nitrogens with zero attached hydrogens (tertiary/aromatic N) is 1. The third-order valence-electron chi connectivity index (χ3n) is 3.02. The lowest BCUT2D eigenvalue weighted by molar-refractivity contribution is -0.135. The van der Waals surface area contributed by atoms with Crippen molar-refractivity contribution in [2.75, 3.05) is 17.6 Å². The highest BCUT2D eigenvalue weighted by molar-refractivity contribution is 8.14. The van der Waals surface area contributed by atoms with Crippen molar-refractivity contribution in [3.63, 3.8) is 0 Å². The summed E-state index contributed by atoms with van der Waals surface area (Å²) in [6, 6.07) is 7.50. The van der Waals surface area contributed by atoms with Crippen LogP contribution in [-0.2, 0) is 15.0 Å². The van der Waals surface area contributed by atoms with Crippen LogP contribution in [0, 0.1) is 0 Å². The molecule has 6 heteroatoms. The summed E-state index contributed by atoms with van der Waals surface area (Å²) < 4.78 is 0. The zero-order chi connectivity index (χ0) is 15.5. The Hall–Kier alpha value is -1.82. The molecule has 2 rings (SSSR count). The van der Waals surface area contributed by atoms with Crippen molar-refractivity contribution in [3.05, 3.63) is 29.8 Å². The predicted molar refractivity (Wildman–Crippen MR) is 86.7 cm³/mol. The molecular weight excluding hydrogens is 286 g/mol. The first kappa shape index (κ1) is 15.6. The normalized spacial score (nSPS) is 14.5. The Kier molecular flexibility index (Phi) is 4.67. The monoisotopic (exact) mass is 305 g/mol. The van der Waals surface area contributed by atoms with Crippen LogP contribution in [0.1, 0.15) is 26.3 Å². The van der Waals surface area contributed by atoms with Gasteiger partial charge in [0.05, 0.1) is 6.54 Å². The van der Waals surface area contributed by atoms with E-state index in [9.17, 15) is 9.59 Å². The van der Waals surface area contributed by atoms with Crippen LogP contribution in [0.15, 0.2) is 29.3 Å². The van der Waals surface area contributed by atoms with Crippen LogP contribution in [0.3, 0.4) is 0 Å². The highest BCUT2D eigenvalue weighted by Gasteiger charge is 2.18. The minimum atomic E-state index is -0.692. The van der Waals surface area contributed by atoms with Gasteiger partial charge >= 0.3 is 11.8 Å². The molecule has 1 aliphatic rings. The molecule has 21 heavy (non-hydrogen) atoms. The first-order valence-electron chi connectivity index (χ1n) is 6.76. The van der Waals surface area contributed by atoms with Gasteiger partial charge in [0.25, 0.3) is 0 Å². The quantitative estimate of drug-likeness (QED) is 0.781. The number of benzene rings is 1. The summed E-state index contributed by atoms with van der Waals surface area (Å²) in [7, 11) is 0. The molecule has 1 aromatic carbocycles. The highest BCUT2D eigenvalue weighted by atomic mass is 32.2. The molecule has 1 aromatic rings. The summed E-state index contributed by atoms with van der Waals surface area (Å²) in [6.07, 6.45) is 0. The van der Waals surface area contributed by atoms with Crippen LogP contribution in [0.2, 0.25) is 0 Å². The smallest absolute Gasteiger partial charge is 0.315 e. The van der Waals surface area contributed by atoms with E-state index in [1.165, 1.54) is 17.3 Å². The van der Waals surface area contributed by atoms with Crippen molar-refractivity contribution in [3.8, 4) is 0 Å². The van der Waals surface area contributed by atoms with E-state index in [2.05, 4.69) is 36.4 Å². The summed E-state index contributed by atoms with van der Waals surface area (Å²) in [5.41, 5.74) is 1.82. The van der Waals surface area contributed by atoms with Crippen LogP contribution < -0.4 is 10.6 Å². The second-order valence-electron chi connectivity index (χ2n) is 5.77. The van der Waals surface area contributed by atoms with Crippen molar-refractivity contribution in [1.82, 2.24) is 5.32 Å². The van der Waals surface area contributed by atoms with E-state index in [-0.39, 0.29) is 5.41 Å². The number of hydrogen-bond donors (Lipinski definition) is 2. The van der Waals surface area contributed by atoms with Crippen molar-refractivity contribution in [1.29, 1.82) is 0 Å². The molecule has 0 fully saturated rings. The zero-order valence-corrected chi connectivity index (χ0v) is 13.2. The summed E-state index contributed by atoms with van der Waals surface area (Å²) in [6.45, 7) is 7.03. The molecule has 0 bridgehead atoms. The van der Waals surface area contributed by atoms with Gasteiger partial charge in [0.2, 0.25) is 0 Å². The minimum Gasteiger partial charge on any atom is -0.318 e. The maximum Gasteiger partial charge on any atom is 0.315 e. The lowest BCUT2D eigenvalue weighted by atomic mass is 9.87. The van der Waals surface area contributed by atoms with Crippen LogP contribution >= 0.6 is 11.8 Å². The van der Waals surface area contributed by atoms with Crippen LogP contribution in [0.5, 0.6) is 0 Å². The number of aliphatic imine (C=N–C) groups is 1. The highest BCUT2D eigenvalue weighted by Crippen LogP contribution is 2.23. The van der Waals surface area contributed by atoms with Crippen LogP contribution in [0.4, 0.5) is 5.69 Å². The van der Waals surface area contributed by atoms with E-state index in [4.69, 9.17) is 0 Å². The number of thioether (sulfide) groups is 1. The van der Waals surface area contributed by atoms with Gasteiger partial charge in [-0.25, -0.2) is 0 Å². The zero-order valence-electron chi connectivity index (χ0n) is 12.4. The van der Waals surface area contributed by atoms with E-state index in [0.717, 1.165) is 5.75 Å². The van der Waals surface area contributed by atoms with Gasteiger partial charge in [-0.2, -0.15) is 0 Å². The SMILES string of the molecule is CC(C)(C)c1ccc(NC(=O)C(=O)NC2=NCCS2)cc1. The Balaban J connectivity index is 1.94. The Labute approximate surface area is 128 Å². The lowest BCUT2D eigenvalue weighted by Gasteiger charge is -2.19. The van der Waals surface area contributed by atoms with Crippen molar-refractivity contribution >= 4 is 34.4 Å². The number of carbonyl (C=O) groups is 2. The van der Waals surface area contributed by atoms with Gasteiger partial charge < -0.3 is 5.32 Å². The predicted octanol–water partition coefficient (Wildman–Crippen LogP) is 2.14. The number of hydrogen-bond acceptors (Lipinski definition) is 4. The second kappa shape index (κ2) is 6.30. The molecule has 0 spiro atoms. The average Bonchev–Trinajstić information content (AvgIpc) is 2.91. The maximum atomic E-state index is 11.8. The third-order valence-corrected chi connectivity index (χ3v) is 3.91. The molecule has 2 N–H and O–H groups in total. The molecule has 1 heterocycles. The fourth-order valence-electron chi connectivity index (χ4n) is 1.81. The van der Waals surface area contributed by atoms with E-state index < -0.39 is 11.8 Å². The molecular formula is C15H19N3O2S. The summed E-state index contributed by atoms with van der Waals surface area (Å²) in [5, 5.41) is 5.59. The fourth-order valence-corrected chi connectivity index (χ4v) is 2.53. The summed E-state index contributed by atoms with van der Waals surface area (Å²) >= 11 is 1.44. The molecule has 0 aromatic heterocycles. The first-order valence-corrected chi connectivity index (χ1v) is 7.75. The van der Waals surface area contributed by atoms with E-state index in [1.807, 2.05) is 12.1 Å². The molecule has 0 aliphatic carbocycles. The fraction of sp³-hybridized carbons (Fsp3) is 0.400. The summed E-state index contributed by atoms with van der Waals surface area (Å²) in [5.74, 6) is -0.539. The minimum absolute atomic E-state index is 0.0533. The Bertz CT molecular complexity index is 574. The molecule has 2 amide bonds. The van der Waals surface area contributed by atoms with Crippen LogP contribution in [0.25, 0.3) is 0 Å². The number of rotatable bonds is 1. The Morgan fingerprint density at radius 3 is 2.24 bits per heavy atom. The van der Waals surface area contributed by atoms with Gasteiger partial charge in [0.1, 0.15) is 0 Å². The number of amidine groups is 1. The van der Waals surface area contributed by atoms with Gasteiger partial charge in [-0.05, 0) is 23.1 Å². The topological polar surface area (TPSA) is 70.6 Å². The first-order chi connectivity index (χ1) is 9.86. The van der Waals surface area contributed by atoms with E-state index in [0.29, 0.717) is 17.4 Å². The number of anilines is 1. The van der Waals surface area contributed by atoms with Gasteiger partial charge in [-0.1, -0.05) is 44.7 Å². The molecule has 0 atom stereocenters. The molecule has 0 saturated heterocycles. The molecule has 1 aliphatic heterocycles. The van der Waals surface area contributed by atoms with Crippen molar-refractivity contribution in [2.24, 2.45) is 4.99 Å². The molecule has 0 radical (unpaired) electrons. The van der Waals surface area contributed by atoms with E-state index >= 15 is 0 Å². The molecule has 5 nitrogen and oxygen atoms in total. The van der Waals surface area contributed by atoms with Gasteiger partial charge in [0.15, 0.2) is 5.17 Å². The van der Waals surface area contributed by atoms with Gasteiger partial charge in [-0.15, -0.1) is 0 Å². The maximum absolute atomic E-state index is 11.8. The number of nitrogens with one attached hydrogen (secondary N) is 2. The van der Waals surface area contributed by atoms with Gasteiger partial charge in [0, 0.05) is 11.4 Å². The Morgan fingerprint density at radius 1 is 1.10 bits per heavy atom. The van der Waals surface area contributed by atoms with E-state index in [1.54, 1.807) is 12.1 Å². The van der Waals surface area contributed by atoms with Crippen molar-refractivity contribution in [2.45, 2.75) is 26.2 Å². The van der Waals surface area contributed by atoms with Crippen LogP contribution in [-0.4, -0.2) is 29.3 Å². The third kappa shape index (κ3) is 4.32. The molecule has 0 saturated carbocycles. The standard InChI is InChI=1S/C15H19N3O2S/c1-15(2,3)10-4-6-11(7-5-10)17-12(19)13(20)18-14-16-8-9-21-14/h4-7H,8-9H2,1-3H3,(H,17,19)(H,16,18,20). The Morgan fingerprint density at radius 2 is 1.71 bits per heavy atom. The van der Waals surface area contributed by atoms with Gasteiger partial charge in [-0.3, -0.25) is 19.9 Å².